The molecule has 3 heteroatoms. The van der Waals surface area contributed by atoms with Crippen LogP contribution in [-0.2, 0) is 0 Å². The lowest BCUT2D eigenvalue weighted by molar-refractivity contribution is 0.265. The summed E-state index contributed by atoms with van der Waals surface area (Å²) in [6.45, 7) is 6.57. The van der Waals surface area contributed by atoms with Gasteiger partial charge >= 0.3 is 0 Å². The standard InChI is InChI=1S/C13H21FN2/c1-9-7-10(5-6-11(9)14)12(16-4)13(2,3)8-15/h5-7,12,16H,8,15H2,1-4H3. The summed E-state index contributed by atoms with van der Waals surface area (Å²) in [4.78, 5) is 0. The molecule has 1 unspecified atom stereocenters. The van der Waals surface area contributed by atoms with Crippen LogP contribution in [-0.4, -0.2) is 13.6 Å². The van der Waals surface area contributed by atoms with Gasteiger partial charge in [0.15, 0.2) is 0 Å². The minimum absolute atomic E-state index is 0.0565. The van der Waals surface area contributed by atoms with Crippen molar-refractivity contribution >= 4 is 0 Å². The van der Waals surface area contributed by atoms with Crippen LogP contribution < -0.4 is 11.1 Å². The van der Waals surface area contributed by atoms with Gasteiger partial charge in [-0.2, -0.15) is 0 Å². The smallest absolute Gasteiger partial charge is 0.126 e. The van der Waals surface area contributed by atoms with Crippen molar-refractivity contribution in [2.75, 3.05) is 13.6 Å². The Balaban J connectivity index is 3.09. The van der Waals surface area contributed by atoms with Gasteiger partial charge in [-0.1, -0.05) is 26.0 Å². The van der Waals surface area contributed by atoms with Gasteiger partial charge in [-0.25, -0.2) is 4.39 Å². The Morgan fingerprint density at radius 3 is 2.50 bits per heavy atom. The van der Waals surface area contributed by atoms with Crippen molar-refractivity contribution in [3.8, 4) is 0 Å². The molecule has 0 spiro atoms. The van der Waals surface area contributed by atoms with E-state index >= 15 is 0 Å². The van der Waals surface area contributed by atoms with Crippen molar-refractivity contribution in [1.82, 2.24) is 5.32 Å². The Kier molecular flexibility index (Phi) is 4.05. The van der Waals surface area contributed by atoms with Gasteiger partial charge in [0, 0.05) is 6.04 Å². The zero-order chi connectivity index (χ0) is 12.3. The molecule has 0 fully saturated rings. The SMILES string of the molecule is CNC(c1ccc(F)c(C)c1)C(C)(C)CN. The molecule has 1 aromatic rings. The molecule has 0 radical (unpaired) electrons. The molecule has 2 nitrogen and oxygen atoms in total. The van der Waals surface area contributed by atoms with Crippen LogP contribution in [0.25, 0.3) is 0 Å². The van der Waals surface area contributed by atoms with Crippen LogP contribution in [0.4, 0.5) is 4.39 Å². The van der Waals surface area contributed by atoms with E-state index in [-0.39, 0.29) is 17.3 Å². The maximum absolute atomic E-state index is 13.2. The van der Waals surface area contributed by atoms with Gasteiger partial charge in [0.25, 0.3) is 0 Å². The van der Waals surface area contributed by atoms with Crippen molar-refractivity contribution < 1.29 is 4.39 Å². The van der Waals surface area contributed by atoms with Crippen LogP contribution in [0.15, 0.2) is 18.2 Å². The van der Waals surface area contributed by atoms with Crippen LogP contribution in [0.2, 0.25) is 0 Å². The minimum Gasteiger partial charge on any atom is -0.330 e. The fourth-order valence-corrected chi connectivity index (χ4v) is 1.97. The summed E-state index contributed by atoms with van der Waals surface area (Å²) in [6, 6.07) is 5.35. The lowest BCUT2D eigenvalue weighted by Crippen LogP contribution is -2.37. The average Bonchev–Trinajstić information content (AvgIpc) is 2.24. The summed E-state index contributed by atoms with van der Waals surface area (Å²) in [6.07, 6.45) is 0. The number of halogens is 1. The molecule has 90 valence electrons. The number of hydrogen-bond donors (Lipinski definition) is 2. The molecule has 16 heavy (non-hydrogen) atoms. The Morgan fingerprint density at radius 2 is 2.06 bits per heavy atom. The average molecular weight is 224 g/mol. The lowest BCUT2D eigenvalue weighted by Gasteiger charge is -2.33. The van der Waals surface area contributed by atoms with Crippen LogP contribution in [0.5, 0.6) is 0 Å². The van der Waals surface area contributed by atoms with Gasteiger partial charge in [-0.3, -0.25) is 0 Å². The molecule has 1 atom stereocenters. The molecular weight excluding hydrogens is 203 g/mol. The normalized spacial score (nSPS) is 13.9. The highest BCUT2D eigenvalue weighted by molar-refractivity contribution is 5.27. The fraction of sp³-hybridized carbons (Fsp3) is 0.538. The Morgan fingerprint density at radius 1 is 1.44 bits per heavy atom. The van der Waals surface area contributed by atoms with E-state index in [0.717, 1.165) is 5.56 Å². The third-order valence-corrected chi connectivity index (χ3v) is 3.11. The van der Waals surface area contributed by atoms with Gasteiger partial charge in [0.2, 0.25) is 0 Å². The number of rotatable bonds is 4. The third-order valence-electron chi connectivity index (χ3n) is 3.11. The van der Waals surface area contributed by atoms with Gasteiger partial charge in [-0.05, 0) is 43.1 Å². The van der Waals surface area contributed by atoms with E-state index in [4.69, 9.17) is 5.73 Å². The first-order chi connectivity index (χ1) is 7.42. The number of hydrogen-bond acceptors (Lipinski definition) is 2. The van der Waals surface area contributed by atoms with Gasteiger partial charge in [0.1, 0.15) is 5.82 Å². The molecule has 1 aromatic carbocycles. The molecule has 0 saturated heterocycles. The van der Waals surface area contributed by atoms with Gasteiger partial charge in [0.05, 0.1) is 0 Å². The predicted molar refractivity (Wildman–Crippen MR) is 65.8 cm³/mol. The molecule has 0 aliphatic rings. The third kappa shape index (κ3) is 2.60. The molecule has 0 heterocycles. The predicted octanol–water partition coefficient (Wildman–Crippen LogP) is 2.38. The van der Waals surface area contributed by atoms with Crippen molar-refractivity contribution in [3.63, 3.8) is 0 Å². The maximum atomic E-state index is 13.2. The quantitative estimate of drug-likeness (QED) is 0.824. The van der Waals surface area contributed by atoms with Crippen LogP contribution in [0.3, 0.4) is 0 Å². The lowest BCUT2D eigenvalue weighted by atomic mass is 9.80. The maximum Gasteiger partial charge on any atom is 0.126 e. The van der Waals surface area contributed by atoms with E-state index in [1.807, 2.05) is 19.2 Å². The first-order valence-corrected chi connectivity index (χ1v) is 5.55. The summed E-state index contributed by atoms with van der Waals surface area (Å²) in [7, 11) is 1.90. The van der Waals surface area contributed by atoms with Crippen molar-refractivity contribution in [2.24, 2.45) is 11.1 Å². The first kappa shape index (κ1) is 13.1. The van der Waals surface area contributed by atoms with Crippen LogP contribution in [0.1, 0.15) is 31.0 Å². The highest BCUT2D eigenvalue weighted by Crippen LogP contribution is 2.32. The van der Waals surface area contributed by atoms with Crippen molar-refractivity contribution in [3.05, 3.63) is 35.1 Å². The molecule has 0 saturated carbocycles. The Bertz CT molecular complexity index is 361. The highest BCUT2D eigenvalue weighted by atomic mass is 19.1. The van der Waals surface area contributed by atoms with E-state index in [2.05, 4.69) is 19.2 Å². The molecular formula is C13H21FN2. The second-order valence-electron chi connectivity index (χ2n) is 4.92. The van der Waals surface area contributed by atoms with E-state index < -0.39 is 0 Å². The molecule has 3 N–H and O–H groups in total. The number of nitrogens with two attached hydrogens (primary N) is 1. The summed E-state index contributed by atoms with van der Waals surface area (Å²) in [5.74, 6) is -0.163. The number of benzene rings is 1. The topological polar surface area (TPSA) is 38.0 Å². The zero-order valence-corrected chi connectivity index (χ0v) is 10.5. The van der Waals surface area contributed by atoms with E-state index in [0.29, 0.717) is 12.1 Å². The summed E-state index contributed by atoms with van der Waals surface area (Å²) < 4.78 is 13.2. The Labute approximate surface area is 97.0 Å². The van der Waals surface area contributed by atoms with Crippen molar-refractivity contribution in [1.29, 1.82) is 0 Å². The molecule has 0 aliphatic heterocycles. The highest BCUT2D eigenvalue weighted by Gasteiger charge is 2.28. The summed E-state index contributed by atoms with van der Waals surface area (Å²) in [5, 5.41) is 3.25. The monoisotopic (exact) mass is 224 g/mol. The fourth-order valence-electron chi connectivity index (χ4n) is 1.97. The van der Waals surface area contributed by atoms with Crippen molar-refractivity contribution in [2.45, 2.75) is 26.8 Å². The largest absolute Gasteiger partial charge is 0.330 e. The zero-order valence-electron chi connectivity index (χ0n) is 10.5. The second kappa shape index (κ2) is 4.93. The van der Waals surface area contributed by atoms with Gasteiger partial charge in [-0.15, -0.1) is 0 Å². The van der Waals surface area contributed by atoms with E-state index in [1.165, 1.54) is 6.07 Å². The molecule has 0 bridgehead atoms. The first-order valence-electron chi connectivity index (χ1n) is 5.55. The van der Waals surface area contributed by atoms with E-state index in [9.17, 15) is 4.39 Å². The number of aryl methyl sites for hydroxylation is 1. The molecule has 1 rings (SSSR count). The molecule has 0 aromatic heterocycles. The second-order valence-corrected chi connectivity index (χ2v) is 4.92. The summed E-state index contributed by atoms with van der Waals surface area (Å²) in [5.41, 5.74) is 7.47. The summed E-state index contributed by atoms with van der Waals surface area (Å²) >= 11 is 0. The van der Waals surface area contributed by atoms with Crippen LogP contribution in [0, 0.1) is 18.2 Å². The molecule has 0 amide bonds. The van der Waals surface area contributed by atoms with E-state index in [1.54, 1.807) is 6.92 Å². The Hall–Kier alpha value is -0.930. The van der Waals surface area contributed by atoms with Crippen LogP contribution >= 0.6 is 0 Å². The van der Waals surface area contributed by atoms with Gasteiger partial charge < -0.3 is 11.1 Å². The molecule has 0 aliphatic carbocycles. The number of nitrogens with one attached hydrogen (secondary N) is 1. The minimum atomic E-state index is -0.163.